The van der Waals surface area contributed by atoms with Gasteiger partial charge in [0, 0.05) is 19.2 Å². The average molecular weight is 329 g/mol. The zero-order valence-corrected chi connectivity index (χ0v) is 15.1. The van der Waals surface area contributed by atoms with Gasteiger partial charge in [-0.25, -0.2) is 4.68 Å². The molecule has 0 spiro atoms. The first kappa shape index (κ1) is 18.5. The molecule has 0 radical (unpaired) electrons. The van der Waals surface area contributed by atoms with Crippen molar-refractivity contribution >= 4 is 0 Å². The van der Waals surface area contributed by atoms with E-state index in [0.29, 0.717) is 6.61 Å². The van der Waals surface area contributed by atoms with Crippen molar-refractivity contribution in [2.24, 2.45) is 5.92 Å². The summed E-state index contributed by atoms with van der Waals surface area (Å²) < 4.78 is 8.14. The highest BCUT2D eigenvalue weighted by Crippen LogP contribution is 2.27. The number of hydrogen-bond donors (Lipinski definition) is 1. The Morgan fingerprint density at radius 2 is 2.21 bits per heavy atom. The van der Waals surface area contributed by atoms with Gasteiger partial charge in [0.05, 0.1) is 5.69 Å². The molecule has 1 aromatic rings. The maximum absolute atomic E-state index is 6.08. The molecular formula is C20H31N3O. The highest BCUT2D eigenvalue weighted by atomic mass is 16.5. The van der Waals surface area contributed by atoms with E-state index in [-0.39, 0.29) is 0 Å². The Bertz CT molecular complexity index is 565. The van der Waals surface area contributed by atoms with Crippen molar-refractivity contribution in [2.45, 2.75) is 52.1 Å². The van der Waals surface area contributed by atoms with E-state index in [2.05, 4.69) is 28.7 Å². The summed E-state index contributed by atoms with van der Waals surface area (Å²) in [6, 6.07) is 2.06. The molecule has 0 unspecified atom stereocenters. The molecule has 1 saturated carbocycles. The second-order valence-electron chi connectivity index (χ2n) is 6.46. The van der Waals surface area contributed by atoms with Crippen molar-refractivity contribution in [1.82, 2.24) is 15.1 Å². The largest absolute Gasteiger partial charge is 0.473 e. The zero-order chi connectivity index (χ0) is 17.2. The summed E-state index contributed by atoms with van der Waals surface area (Å²) in [7, 11) is 1.94. The van der Waals surface area contributed by atoms with Gasteiger partial charge in [-0.3, -0.25) is 0 Å². The van der Waals surface area contributed by atoms with Crippen LogP contribution in [0.5, 0.6) is 5.88 Å². The van der Waals surface area contributed by atoms with Crippen molar-refractivity contribution in [3.8, 4) is 5.88 Å². The number of nitrogens with one attached hydrogen (secondary N) is 1. The monoisotopic (exact) mass is 329 g/mol. The first-order chi connectivity index (χ1) is 11.8. The highest BCUT2D eigenvalue weighted by molar-refractivity contribution is 5.25. The van der Waals surface area contributed by atoms with Gasteiger partial charge >= 0.3 is 0 Å². The number of nitrogens with zero attached hydrogens (tertiary/aromatic N) is 2. The summed E-state index contributed by atoms with van der Waals surface area (Å²) >= 11 is 0. The molecule has 132 valence electrons. The number of ether oxygens (including phenoxy) is 1. The molecule has 4 heteroatoms. The minimum Gasteiger partial charge on any atom is -0.473 e. The molecule has 1 heterocycles. The predicted octanol–water partition coefficient (Wildman–Crippen LogP) is 4.25. The van der Waals surface area contributed by atoms with Crippen LogP contribution in [-0.2, 0) is 13.1 Å². The van der Waals surface area contributed by atoms with Crippen LogP contribution in [0.4, 0.5) is 0 Å². The van der Waals surface area contributed by atoms with Gasteiger partial charge in [0.2, 0.25) is 5.88 Å². The molecule has 1 aliphatic rings. The normalized spacial score (nSPS) is 16.7. The molecule has 24 heavy (non-hydrogen) atoms. The fourth-order valence-corrected chi connectivity index (χ4v) is 3.25. The third kappa shape index (κ3) is 5.68. The summed E-state index contributed by atoms with van der Waals surface area (Å²) in [5, 5.41) is 7.90. The Kier molecular flexibility index (Phi) is 7.83. The van der Waals surface area contributed by atoms with E-state index in [1.807, 2.05) is 26.1 Å². The molecule has 2 rings (SSSR count). The number of allylic oxidation sites excluding steroid dienone is 3. The Balaban J connectivity index is 2.07. The molecule has 1 aliphatic carbocycles. The van der Waals surface area contributed by atoms with Crippen LogP contribution in [0.15, 0.2) is 42.5 Å². The van der Waals surface area contributed by atoms with Gasteiger partial charge in [0.25, 0.3) is 0 Å². The predicted molar refractivity (Wildman–Crippen MR) is 100 cm³/mol. The SMILES string of the molecule is C=C/C=C(\C=C/C)COc1cc(CNC)nn1CC1CCCCC1. The van der Waals surface area contributed by atoms with Gasteiger partial charge in [-0.05, 0) is 38.3 Å². The Morgan fingerprint density at radius 3 is 2.88 bits per heavy atom. The van der Waals surface area contributed by atoms with Crippen LogP contribution in [0, 0.1) is 5.92 Å². The molecule has 1 fully saturated rings. The van der Waals surface area contributed by atoms with E-state index in [0.717, 1.165) is 36.2 Å². The molecule has 0 aliphatic heterocycles. The molecule has 1 N–H and O–H groups in total. The maximum Gasteiger partial charge on any atom is 0.212 e. The molecule has 0 amide bonds. The Hall–Kier alpha value is -1.81. The lowest BCUT2D eigenvalue weighted by atomic mass is 9.89. The maximum atomic E-state index is 6.08. The van der Waals surface area contributed by atoms with E-state index in [1.165, 1.54) is 32.1 Å². The lowest BCUT2D eigenvalue weighted by molar-refractivity contribution is 0.266. The lowest BCUT2D eigenvalue weighted by Crippen LogP contribution is -2.17. The third-order valence-electron chi connectivity index (χ3n) is 4.41. The smallest absolute Gasteiger partial charge is 0.212 e. The molecule has 0 atom stereocenters. The van der Waals surface area contributed by atoms with Gasteiger partial charge in [-0.15, -0.1) is 0 Å². The van der Waals surface area contributed by atoms with E-state index >= 15 is 0 Å². The van der Waals surface area contributed by atoms with Crippen LogP contribution >= 0.6 is 0 Å². The van der Waals surface area contributed by atoms with Gasteiger partial charge in [-0.1, -0.05) is 50.1 Å². The van der Waals surface area contributed by atoms with Crippen LogP contribution < -0.4 is 10.1 Å². The minimum atomic E-state index is 0.533. The van der Waals surface area contributed by atoms with Crippen LogP contribution in [0.2, 0.25) is 0 Å². The lowest BCUT2D eigenvalue weighted by Gasteiger charge is -2.22. The van der Waals surface area contributed by atoms with Crippen LogP contribution in [0.25, 0.3) is 0 Å². The summed E-state index contributed by atoms with van der Waals surface area (Å²) in [5.74, 6) is 1.59. The van der Waals surface area contributed by atoms with Gasteiger partial charge in [-0.2, -0.15) is 5.10 Å². The second kappa shape index (κ2) is 10.1. The standard InChI is InChI=1S/C20H31N3O/c1-4-9-18(10-5-2)16-24-20-13-19(14-21-3)22-23(20)15-17-11-7-6-8-12-17/h4-5,9-10,13,17,21H,1,6-8,11-12,14-16H2,2-3H3/b10-5-,18-9+. The average Bonchev–Trinajstić information content (AvgIpc) is 2.96. The minimum absolute atomic E-state index is 0.533. The van der Waals surface area contributed by atoms with Crippen molar-refractivity contribution in [2.75, 3.05) is 13.7 Å². The zero-order valence-electron chi connectivity index (χ0n) is 15.1. The van der Waals surface area contributed by atoms with Crippen molar-refractivity contribution < 1.29 is 4.74 Å². The number of aromatic nitrogens is 2. The van der Waals surface area contributed by atoms with Gasteiger partial charge in [0.1, 0.15) is 6.61 Å². The van der Waals surface area contributed by atoms with E-state index in [9.17, 15) is 0 Å². The van der Waals surface area contributed by atoms with Gasteiger partial charge < -0.3 is 10.1 Å². The van der Waals surface area contributed by atoms with Gasteiger partial charge in [0.15, 0.2) is 0 Å². The fourth-order valence-electron chi connectivity index (χ4n) is 3.25. The molecule has 0 bridgehead atoms. The first-order valence-electron chi connectivity index (χ1n) is 9.05. The summed E-state index contributed by atoms with van der Waals surface area (Å²) in [6.45, 7) is 8.04. The van der Waals surface area contributed by atoms with E-state index in [1.54, 1.807) is 6.08 Å². The second-order valence-corrected chi connectivity index (χ2v) is 6.46. The highest BCUT2D eigenvalue weighted by Gasteiger charge is 2.17. The molecule has 4 nitrogen and oxygen atoms in total. The topological polar surface area (TPSA) is 39.1 Å². The molecule has 0 aromatic carbocycles. The van der Waals surface area contributed by atoms with Crippen molar-refractivity contribution in [3.05, 3.63) is 48.2 Å². The van der Waals surface area contributed by atoms with E-state index < -0.39 is 0 Å². The summed E-state index contributed by atoms with van der Waals surface area (Å²) in [4.78, 5) is 0. The fraction of sp³-hybridized carbons (Fsp3) is 0.550. The number of rotatable bonds is 9. The quantitative estimate of drug-likeness (QED) is 0.688. The van der Waals surface area contributed by atoms with Crippen LogP contribution in [0.1, 0.15) is 44.7 Å². The van der Waals surface area contributed by atoms with Crippen molar-refractivity contribution in [3.63, 3.8) is 0 Å². The van der Waals surface area contributed by atoms with Crippen LogP contribution in [0.3, 0.4) is 0 Å². The first-order valence-corrected chi connectivity index (χ1v) is 9.05. The summed E-state index contributed by atoms with van der Waals surface area (Å²) in [6.07, 6.45) is 14.5. The summed E-state index contributed by atoms with van der Waals surface area (Å²) in [5.41, 5.74) is 2.14. The van der Waals surface area contributed by atoms with Crippen molar-refractivity contribution in [1.29, 1.82) is 0 Å². The third-order valence-corrected chi connectivity index (χ3v) is 4.41. The Labute approximate surface area is 146 Å². The number of hydrogen-bond acceptors (Lipinski definition) is 3. The molecular weight excluding hydrogens is 298 g/mol. The van der Waals surface area contributed by atoms with Crippen LogP contribution in [-0.4, -0.2) is 23.4 Å². The Morgan fingerprint density at radius 1 is 1.42 bits per heavy atom. The molecule has 1 aromatic heterocycles. The van der Waals surface area contributed by atoms with E-state index in [4.69, 9.17) is 9.84 Å². The molecule has 0 saturated heterocycles.